The van der Waals surface area contributed by atoms with Gasteiger partial charge in [0, 0.05) is 44.4 Å². The highest BCUT2D eigenvalue weighted by atomic mass is 16.2. The quantitative estimate of drug-likeness (QED) is 0.535. The minimum Gasteiger partial charge on any atom is -0.352 e. The third kappa shape index (κ3) is 6.08. The molecule has 1 fully saturated rings. The van der Waals surface area contributed by atoms with Crippen LogP contribution in [0.15, 0.2) is 72.0 Å². The van der Waals surface area contributed by atoms with E-state index in [1.165, 1.54) is 0 Å². The largest absolute Gasteiger partial charge is 0.352 e. The summed E-state index contributed by atoms with van der Waals surface area (Å²) in [5.74, 6) is -0.519. The van der Waals surface area contributed by atoms with Crippen LogP contribution < -0.4 is 10.7 Å². The molecule has 4 rings (SSSR count). The number of carbonyl (C=O) groups is 2. The summed E-state index contributed by atoms with van der Waals surface area (Å²) in [6.45, 7) is 5.98. The first-order chi connectivity index (χ1) is 17.4. The van der Waals surface area contributed by atoms with Crippen LogP contribution in [0, 0.1) is 5.92 Å². The molecule has 1 saturated heterocycles. The lowest BCUT2D eigenvalue weighted by Crippen LogP contribution is -2.39. The lowest BCUT2D eigenvalue weighted by atomic mass is 9.99. The highest BCUT2D eigenvalue weighted by molar-refractivity contribution is 5.99. The minimum atomic E-state index is -0.525. The van der Waals surface area contributed by atoms with Crippen molar-refractivity contribution in [1.29, 1.82) is 0 Å². The second-order valence-electron chi connectivity index (χ2n) is 9.81. The maximum absolute atomic E-state index is 13.6. The Morgan fingerprint density at radius 1 is 0.889 bits per heavy atom. The van der Waals surface area contributed by atoms with E-state index in [2.05, 4.69) is 24.1 Å². The van der Waals surface area contributed by atoms with E-state index in [1.54, 1.807) is 34.3 Å². The molecule has 0 radical (unpaired) electrons. The normalized spacial score (nSPS) is 14.8. The summed E-state index contributed by atoms with van der Waals surface area (Å²) in [7, 11) is 0. The van der Waals surface area contributed by atoms with Gasteiger partial charge in [-0.2, -0.15) is 0 Å². The zero-order valence-electron chi connectivity index (χ0n) is 21.0. The first kappa shape index (κ1) is 25.4. The predicted octanol–water partition coefficient (Wildman–Crippen LogP) is 4.43. The lowest BCUT2D eigenvalue weighted by Gasteiger charge is -2.22. The van der Waals surface area contributed by atoms with E-state index in [1.807, 2.05) is 42.5 Å². The molecule has 1 aromatic carbocycles. The summed E-state index contributed by atoms with van der Waals surface area (Å²) in [5.41, 5.74) is 1.25. The van der Waals surface area contributed by atoms with Gasteiger partial charge < -0.3 is 14.8 Å². The molecule has 36 heavy (non-hydrogen) atoms. The fourth-order valence-electron chi connectivity index (χ4n) is 4.69. The summed E-state index contributed by atoms with van der Waals surface area (Å²) in [6, 6.07) is 12.8. The van der Waals surface area contributed by atoms with Gasteiger partial charge in [-0.25, -0.2) is 0 Å². The molecule has 7 heteroatoms. The SMILES string of the molecule is CC(C)Cn1cc(C(=O)N[C@H](c2ccccc2)c2ccncc2)c(=O)c(C(=O)N2CCCCCC2)c1. The van der Waals surface area contributed by atoms with E-state index in [-0.39, 0.29) is 23.0 Å². The van der Waals surface area contributed by atoms with Gasteiger partial charge in [0.1, 0.15) is 11.1 Å². The fourth-order valence-corrected chi connectivity index (χ4v) is 4.69. The van der Waals surface area contributed by atoms with Crippen LogP contribution in [0.3, 0.4) is 0 Å². The highest BCUT2D eigenvalue weighted by Gasteiger charge is 2.26. The zero-order valence-corrected chi connectivity index (χ0v) is 21.0. The first-order valence-electron chi connectivity index (χ1n) is 12.7. The second-order valence-corrected chi connectivity index (χ2v) is 9.81. The van der Waals surface area contributed by atoms with Gasteiger partial charge >= 0.3 is 0 Å². The van der Waals surface area contributed by atoms with Crippen molar-refractivity contribution in [3.05, 3.63) is 99.7 Å². The molecule has 0 spiro atoms. The molecule has 2 aromatic heterocycles. The standard InChI is InChI=1S/C29H34N4O3/c1-21(2)18-32-19-24(27(34)25(20-32)29(36)33-16-8-3-4-9-17-33)28(35)31-26(22-10-6-5-7-11-22)23-12-14-30-15-13-23/h5-7,10-15,19-21,26H,3-4,8-9,16-18H2,1-2H3,(H,31,35)/t26-/m1/s1. The molecular weight excluding hydrogens is 452 g/mol. The van der Waals surface area contributed by atoms with E-state index in [0.29, 0.717) is 19.6 Å². The average Bonchev–Trinajstić information content (AvgIpc) is 3.18. The summed E-state index contributed by atoms with van der Waals surface area (Å²) in [5, 5.41) is 3.04. The van der Waals surface area contributed by atoms with Gasteiger partial charge in [-0.3, -0.25) is 19.4 Å². The number of likely N-dealkylation sites (tertiary alicyclic amines) is 1. The van der Waals surface area contributed by atoms with Crippen LogP contribution in [0.25, 0.3) is 0 Å². The van der Waals surface area contributed by atoms with Crippen molar-refractivity contribution < 1.29 is 9.59 Å². The maximum atomic E-state index is 13.6. The Kier molecular flexibility index (Phi) is 8.31. The number of aromatic nitrogens is 2. The monoisotopic (exact) mass is 486 g/mol. The number of rotatable bonds is 7. The maximum Gasteiger partial charge on any atom is 0.259 e. The molecule has 7 nitrogen and oxygen atoms in total. The molecule has 188 valence electrons. The van der Waals surface area contributed by atoms with Gasteiger partial charge in [0.15, 0.2) is 0 Å². The third-order valence-electron chi connectivity index (χ3n) is 6.47. The van der Waals surface area contributed by atoms with Gasteiger partial charge in [0.25, 0.3) is 11.8 Å². The topological polar surface area (TPSA) is 84.3 Å². The van der Waals surface area contributed by atoms with Crippen LogP contribution in [-0.4, -0.2) is 39.4 Å². The Balaban J connectivity index is 1.71. The molecule has 2 amide bonds. The molecule has 0 unspecified atom stereocenters. The van der Waals surface area contributed by atoms with Crippen molar-refractivity contribution in [2.75, 3.05) is 13.1 Å². The summed E-state index contributed by atoms with van der Waals surface area (Å²) < 4.78 is 1.80. The molecular formula is C29H34N4O3. The molecule has 1 atom stereocenters. The van der Waals surface area contributed by atoms with Crippen LogP contribution in [0.4, 0.5) is 0 Å². The van der Waals surface area contributed by atoms with Crippen molar-refractivity contribution in [2.24, 2.45) is 5.92 Å². The predicted molar refractivity (Wildman–Crippen MR) is 140 cm³/mol. The molecule has 3 aromatic rings. The number of pyridine rings is 2. The number of hydrogen-bond donors (Lipinski definition) is 1. The van der Waals surface area contributed by atoms with Gasteiger partial charge in [-0.15, -0.1) is 0 Å². The Labute approximate surface area is 212 Å². The van der Waals surface area contributed by atoms with Crippen LogP contribution in [0.1, 0.15) is 77.4 Å². The summed E-state index contributed by atoms with van der Waals surface area (Å²) >= 11 is 0. The van der Waals surface area contributed by atoms with Crippen molar-refractivity contribution >= 4 is 11.8 Å². The minimum absolute atomic E-state index is 0.0219. The molecule has 1 aliphatic rings. The van der Waals surface area contributed by atoms with Crippen LogP contribution in [0.5, 0.6) is 0 Å². The Bertz CT molecular complexity index is 1190. The molecule has 1 aliphatic heterocycles. The van der Waals surface area contributed by atoms with E-state index >= 15 is 0 Å². The van der Waals surface area contributed by atoms with E-state index in [9.17, 15) is 14.4 Å². The number of nitrogens with zero attached hydrogens (tertiary/aromatic N) is 3. The van der Waals surface area contributed by atoms with E-state index in [0.717, 1.165) is 36.8 Å². The third-order valence-corrected chi connectivity index (χ3v) is 6.47. The van der Waals surface area contributed by atoms with Gasteiger partial charge in [-0.1, -0.05) is 57.0 Å². The fraction of sp³-hybridized carbons (Fsp3) is 0.379. The Morgan fingerprint density at radius 3 is 2.14 bits per heavy atom. The number of nitrogens with one attached hydrogen (secondary N) is 1. The number of carbonyl (C=O) groups excluding carboxylic acids is 2. The molecule has 0 bridgehead atoms. The summed E-state index contributed by atoms with van der Waals surface area (Å²) in [6.07, 6.45) is 10.6. The summed E-state index contributed by atoms with van der Waals surface area (Å²) in [4.78, 5) is 46.4. The number of amides is 2. The van der Waals surface area contributed by atoms with Gasteiger partial charge in [0.2, 0.25) is 5.43 Å². The first-order valence-corrected chi connectivity index (χ1v) is 12.7. The van der Waals surface area contributed by atoms with Crippen LogP contribution in [0.2, 0.25) is 0 Å². The Hall–Kier alpha value is -3.74. The van der Waals surface area contributed by atoms with Gasteiger partial charge in [-0.05, 0) is 42.0 Å². The number of hydrogen-bond acceptors (Lipinski definition) is 4. The molecule has 3 heterocycles. The number of benzene rings is 1. The van der Waals surface area contributed by atoms with Gasteiger partial charge in [0.05, 0.1) is 6.04 Å². The Morgan fingerprint density at radius 2 is 1.50 bits per heavy atom. The molecule has 1 N–H and O–H groups in total. The molecule has 0 aliphatic carbocycles. The van der Waals surface area contributed by atoms with E-state index < -0.39 is 17.4 Å². The van der Waals surface area contributed by atoms with Crippen molar-refractivity contribution in [3.8, 4) is 0 Å². The highest BCUT2D eigenvalue weighted by Crippen LogP contribution is 2.22. The molecule has 0 saturated carbocycles. The van der Waals surface area contributed by atoms with E-state index in [4.69, 9.17) is 0 Å². The van der Waals surface area contributed by atoms with Crippen molar-refractivity contribution in [1.82, 2.24) is 19.8 Å². The lowest BCUT2D eigenvalue weighted by molar-refractivity contribution is 0.0759. The second kappa shape index (κ2) is 11.8. The van der Waals surface area contributed by atoms with Crippen molar-refractivity contribution in [3.63, 3.8) is 0 Å². The van der Waals surface area contributed by atoms with Crippen LogP contribution in [-0.2, 0) is 6.54 Å². The zero-order chi connectivity index (χ0) is 25.5. The van der Waals surface area contributed by atoms with Crippen LogP contribution >= 0.6 is 0 Å². The average molecular weight is 487 g/mol. The van der Waals surface area contributed by atoms with Crippen molar-refractivity contribution in [2.45, 2.75) is 52.1 Å². The smallest absolute Gasteiger partial charge is 0.259 e.